The summed E-state index contributed by atoms with van der Waals surface area (Å²) < 4.78 is 13.3. The highest BCUT2D eigenvalue weighted by Gasteiger charge is 2.23. The van der Waals surface area contributed by atoms with E-state index >= 15 is 0 Å². The Balaban J connectivity index is 2.99. The highest BCUT2D eigenvalue weighted by atomic mass is 35.5. The first-order valence-corrected chi connectivity index (χ1v) is 6.61. The minimum atomic E-state index is -0.888. The number of nitrogens with zero attached hydrogens (tertiary/aromatic N) is 1. The summed E-state index contributed by atoms with van der Waals surface area (Å²) in [4.78, 5) is 22.1. The van der Waals surface area contributed by atoms with Crippen molar-refractivity contribution in [3.8, 4) is 0 Å². The van der Waals surface area contributed by atoms with Crippen LogP contribution < -0.4 is 10.6 Å². The van der Waals surface area contributed by atoms with E-state index < -0.39 is 28.0 Å². The SMILES string of the molecule is CC(Nc1cc(Cl)c(F)cc1[N+](=O)[O-])C(=O)NC(C)(C)C. The molecule has 0 heterocycles. The first-order valence-electron chi connectivity index (χ1n) is 6.23. The molecule has 1 aromatic carbocycles. The summed E-state index contributed by atoms with van der Waals surface area (Å²) in [5.41, 5.74) is -0.922. The molecule has 0 saturated carbocycles. The third-order valence-corrected chi connectivity index (χ3v) is 2.79. The van der Waals surface area contributed by atoms with E-state index in [4.69, 9.17) is 11.6 Å². The standard InChI is InChI=1S/C13H17ClFN3O3/c1-7(12(19)17-13(2,3)4)16-10-5-8(14)9(15)6-11(10)18(20)21/h5-7,16H,1-4H3,(H,17,19). The van der Waals surface area contributed by atoms with Crippen molar-refractivity contribution in [3.63, 3.8) is 0 Å². The third-order valence-electron chi connectivity index (χ3n) is 2.50. The molecule has 0 spiro atoms. The van der Waals surface area contributed by atoms with Gasteiger partial charge in [-0.2, -0.15) is 0 Å². The second-order valence-electron chi connectivity index (χ2n) is 5.65. The third kappa shape index (κ3) is 4.86. The van der Waals surface area contributed by atoms with Gasteiger partial charge in [-0.1, -0.05) is 11.6 Å². The predicted molar refractivity (Wildman–Crippen MR) is 79.0 cm³/mol. The number of carbonyl (C=O) groups is 1. The largest absolute Gasteiger partial charge is 0.368 e. The molecule has 6 nitrogen and oxygen atoms in total. The van der Waals surface area contributed by atoms with Crippen molar-refractivity contribution in [3.05, 3.63) is 33.1 Å². The lowest BCUT2D eigenvalue weighted by molar-refractivity contribution is -0.384. The summed E-state index contributed by atoms with van der Waals surface area (Å²) in [5.74, 6) is -1.22. The molecule has 1 unspecified atom stereocenters. The van der Waals surface area contributed by atoms with Gasteiger partial charge in [0.1, 0.15) is 17.5 Å². The maximum atomic E-state index is 13.3. The van der Waals surface area contributed by atoms with Crippen LogP contribution in [0.5, 0.6) is 0 Å². The van der Waals surface area contributed by atoms with Crippen LogP contribution in [0.1, 0.15) is 27.7 Å². The number of halogens is 2. The van der Waals surface area contributed by atoms with Gasteiger partial charge in [0.25, 0.3) is 5.69 Å². The van der Waals surface area contributed by atoms with Gasteiger partial charge in [0, 0.05) is 5.54 Å². The van der Waals surface area contributed by atoms with Crippen LogP contribution in [0.15, 0.2) is 12.1 Å². The van der Waals surface area contributed by atoms with Gasteiger partial charge >= 0.3 is 0 Å². The molecule has 21 heavy (non-hydrogen) atoms. The molecule has 0 aliphatic heterocycles. The van der Waals surface area contributed by atoms with Crippen molar-refractivity contribution in [2.45, 2.75) is 39.3 Å². The Morgan fingerprint density at radius 1 is 1.43 bits per heavy atom. The monoisotopic (exact) mass is 317 g/mol. The van der Waals surface area contributed by atoms with E-state index in [0.717, 1.165) is 12.1 Å². The highest BCUT2D eigenvalue weighted by molar-refractivity contribution is 6.31. The van der Waals surface area contributed by atoms with E-state index in [1.54, 1.807) is 6.92 Å². The summed E-state index contributed by atoms with van der Waals surface area (Å²) in [6, 6.07) is 1.07. The molecule has 2 N–H and O–H groups in total. The zero-order chi connectivity index (χ0) is 16.4. The molecule has 1 rings (SSSR count). The number of nitrogens with one attached hydrogen (secondary N) is 2. The maximum absolute atomic E-state index is 13.3. The van der Waals surface area contributed by atoms with Gasteiger partial charge in [0.2, 0.25) is 5.91 Å². The van der Waals surface area contributed by atoms with Gasteiger partial charge in [-0.05, 0) is 33.8 Å². The van der Waals surface area contributed by atoms with Crippen molar-refractivity contribution in [2.24, 2.45) is 0 Å². The Morgan fingerprint density at radius 2 is 2.00 bits per heavy atom. The normalized spacial score (nSPS) is 12.7. The van der Waals surface area contributed by atoms with Crippen LogP contribution in [0, 0.1) is 15.9 Å². The molecule has 0 aliphatic rings. The molecule has 0 fully saturated rings. The van der Waals surface area contributed by atoms with Crippen LogP contribution in [-0.4, -0.2) is 22.4 Å². The molecule has 1 amide bonds. The number of anilines is 1. The van der Waals surface area contributed by atoms with Gasteiger partial charge in [-0.15, -0.1) is 0 Å². The second kappa shape index (κ2) is 6.26. The number of rotatable bonds is 4. The lowest BCUT2D eigenvalue weighted by atomic mass is 10.1. The van der Waals surface area contributed by atoms with Crippen LogP contribution >= 0.6 is 11.6 Å². The van der Waals surface area contributed by atoms with Crippen LogP contribution in [-0.2, 0) is 4.79 Å². The van der Waals surface area contributed by atoms with Crippen LogP contribution in [0.25, 0.3) is 0 Å². The topological polar surface area (TPSA) is 84.3 Å². The molecule has 1 atom stereocenters. The Labute approximate surface area is 126 Å². The molecular formula is C13H17ClFN3O3. The number of hydrogen-bond acceptors (Lipinski definition) is 4. The van der Waals surface area contributed by atoms with Crippen LogP contribution in [0.3, 0.4) is 0 Å². The van der Waals surface area contributed by atoms with Gasteiger partial charge in [0.15, 0.2) is 0 Å². The lowest BCUT2D eigenvalue weighted by Crippen LogP contribution is -2.47. The Hall–Kier alpha value is -1.89. The van der Waals surface area contributed by atoms with Gasteiger partial charge < -0.3 is 10.6 Å². The van der Waals surface area contributed by atoms with Crippen molar-refractivity contribution in [1.82, 2.24) is 5.32 Å². The summed E-state index contributed by atoms with van der Waals surface area (Å²) >= 11 is 5.62. The summed E-state index contributed by atoms with van der Waals surface area (Å²) in [7, 11) is 0. The molecule has 0 bridgehead atoms. The summed E-state index contributed by atoms with van der Waals surface area (Å²) in [6.45, 7) is 6.99. The fourth-order valence-corrected chi connectivity index (χ4v) is 1.74. The van der Waals surface area contributed by atoms with Gasteiger partial charge in [0.05, 0.1) is 16.0 Å². The summed E-state index contributed by atoms with van der Waals surface area (Å²) in [6.07, 6.45) is 0. The molecule has 0 aromatic heterocycles. The fourth-order valence-electron chi connectivity index (χ4n) is 1.58. The zero-order valence-electron chi connectivity index (χ0n) is 12.2. The van der Waals surface area contributed by atoms with E-state index in [2.05, 4.69) is 10.6 Å². The van der Waals surface area contributed by atoms with Crippen molar-refractivity contribution in [2.75, 3.05) is 5.32 Å². The predicted octanol–water partition coefficient (Wildman–Crippen LogP) is 3.10. The minimum Gasteiger partial charge on any atom is -0.368 e. The van der Waals surface area contributed by atoms with E-state index in [1.807, 2.05) is 20.8 Å². The maximum Gasteiger partial charge on any atom is 0.295 e. The van der Waals surface area contributed by atoms with Crippen molar-refractivity contribution in [1.29, 1.82) is 0 Å². The number of benzene rings is 1. The zero-order valence-corrected chi connectivity index (χ0v) is 12.9. The quantitative estimate of drug-likeness (QED) is 0.660. The first-order chi connectivity index (χ1) is 9.51. The average Bonchev–Trinajstić information content (AvgIpc) is 2.30. The average molecular weight is 318 g/mol. The van der Waals surface area contributed by atoms with Crippen molar-refractivity contribution < 1.29 is 14.1 Å². The van der Waals surface area contributed by atoms with Crippen LogP contribution in [0.2, 0.25) is 5.02 Å². The Kier molecular flexibility index (Phi) is 5.11. The number of nitro benzene ring substituents is 1. The molecule has 1 aromatic rings. The summed E-state index contributed by atoms with van der Waals surface area (Å²) in [5, 5.41) is 16.1. The van der Waals surface area contributed by atoms with E-state index in [9.17, 15) is 19.3 Å². The minimum absolute atomic E-state index is 0.0111. The van der Waals surface area contributed by atoms with Crippen LogP contribution in [0.4, 0.5) is 15.8 Å². The lowest BCUT2D eigenvalue weighted by Gasteiger charge is -2.24. The Bertz CT molecular complexity index is 573. The number of nitro groups is 1. The van der Waals surface area contributed by atoms with Gasteiger partial charge in [-0.3, -0.25) is 14.9 Å². The smallest absolute Gasteiger partial charge is 0.295 e. The first kappa shape index (κ1) is 17.2. The molecule has 0 radical (unpaired) electrons. The number of amides is 1. The van der Waals surface area contributed by atoms with E-state index in [0.29, 0.717) is 0 Å². The number of carbonyl (C=O) groups excluding carboxylic acids is 1. The number of hydrogen-bond donors (Lipinski definition) is 2. The molecular weight excluding hydrogens is 301 g/mol. The highest BCUT2D eigenvalue weighted by Crippen LogP contribution is 2.30. The fraction of sp³-hybridized carbons (Fsp3) is 0.462. The second-order valence-corrected chi connectivity index (χ2v) is 6.05. The van der Waals surface area contributed by atoms with Gasteiger partial charge in [-0.25, -0.2) is 4.39 Å². The Morgan fingerprint density at radius 3 is 2.48 bits per heavy atom. The molecule has 8 heteroatoms. The van der Waals surface area contributed by atoms with E-state index in [1.165, 1.54) is 0 Å². The molecule has 0 aliphatic carbocycles. The molecule has 0 saturated heterocycles. The van der Waals surface area contributed by atoms with Crippen molar-refractivity contribution >= 4 is 28.9 Å². The van der Waals surface area contributed by atoms with E-state index in [-0.39, 0.29) is 16.6 Å². The molecule has 116 valence electrons.